The Morgan fingerprint density at radius 3 is 1.86 bits per heavy atom. The molecule has 2 heteroatoms. The van der Waals surface area contributed by atoms with Gasteiger partial charge in [-0.25, -0.2) is 0 Å². The van der Waals surface area contributed by atoms with Crippen LogP contribution >= 0.6 is 0 Å². The van der Waals surface area contributed by atoms with Crippen molar-refractivity contribution in [3.8, 4) is 0 Å². The second kappa shape index (κ2) is 3.66. The molecule has 0 radical (unpaired) electrons. The van der Waals surface area contributed by atoms with Crippen molar-refractivity contribution in [3.63, 3.8) is 0 Å². The topological polar surface area (TPSA) is 3.24 Å². The summed E-state index contributed by atoms with van der Waals surface area (Å²) in [5.41, 5.74) is 0. The maximum atomic E-state index is 2.40. The Morgan fingerprint density at radius 2 is 1.86 bits per heavy atom. The van der Waals surface area contributed by atoms with Crippen molar-refractivity contribution >= 4 is 0 Å². The van der Waals surface area contributed by atoms with Crippen LogP contribution in [-0.4, -0.2) is 21.1 Å². The number of alkyl halides is 1. The first kappa shape index (κ1) is 7.69. The van der Waals surface area contributed by atoms with E-state index in [0.29, 0.717) is 21.5 Å². The molecule has 0 aliphatic carbocycles. The fourth-order valence-electron chi connectivity index (χ4n) is 0.195. The van der Waals surface area contributed by atoms with Crippen LogP contribution in [0.25, 0.3) is 0 Å². The van der Waals surface area contributed by atoms with Gasteiger partial charge in [-0.3, -0.25) is 0 Å². The number of rotatable bonds is 2. The van der Waals surface area contributed by atoms with Gasteiger partial charge in [0.15, 0.2) is 0 Å². The van der Waals surface area contributed by atoms with Crippen LogP contribution in [-0.2, 0) is 0 Å². The van der Waals surface area contributed by atoms with Crippen LogP contribution in [0.3, 0.4) is 0 Å². The summed E-state index contributed by atoms with van der Waals surface area (Å²) in [6.07, 6.45) is 0. The first-order valence-corrected chi connectivity index (χ1v) is 5.53. The summed E-state index contributed by atoms with van der Waals surface area (Å²) in [6.45, 7) is 4.45. The molecule has 0 aromatic heterocycles. The van der Waals surface area contributed by atoms with E-state index < -0.39 is 0 Å². The van der Waals surface area contributed by atoms with E-state index in [0.717, 1.165) is 6.04 Å². The molecule has 0 rings (SSSR count). The van der Waals surface area contributed by atoms with E-state index in [1.54, 1.807) is 0 Å². The van der Waals surface area contributed by atoms with Gasteiger partial charge in [0.1, 0.15) is 0 Å². The summed E-state index contributed by atoms with van der Waals surface area (Å²) in [7, 11) is 2.18. The molecule has 0 fully saturated rings. The molecule has 0 bridgehead atoms. The van der Waals surface area contributed by atoms with Gasteiger partial charge in [0, 0.05) is 0 Å². The van der Waals surface area contributed by atoms with Crippen LogP contribution in [0.1, 0.15) is 13.8 Å². The van der Waals surface area contributed by atoms with Crippen LogP contribution in [0.5, 0.6) is 0 Å². The zero-order chi connectivity index (χ0) is 5.86. The third kappa shape index (κ3) is 3.29. The Morgan fingerprint density at radius 1 is 1.43 bits per heavy atom. The molecule has 0 aromatic carbocycles. The van der Waals surface area contributed by atoms with Gasteiger partial charge in [-0.05, 0) is 0 Å². The molecule has 0 spiro atoms. The van der Waals surface area contributed by atoms with E-state index in [4.69, 9.17) is 0 Å². The summed E-state index contributed by atoms with van der Waals surface area (Å²) in [6, 6.07) is 0.748. The van der Waals surface area contributed by atoms with E-state index >= 15 is 0 Å². The zero-order valence-corrected chi connectivity index (χ0v) is 7.56. The molecule has 7 heavy (non-hydrogen) atoms. The second-order valence-corrected chi connectivity index (χ2v) is 4.27. The predicted molar refractivity (Wildman–Crippen MR) is 28.8 cm³/mol. The molecule has 0 aromatic rings. The molecule has 0 heterocycles. The number of halogens is 1. The average Bonchev–Trinajstić information content (AvgIpc) is 1.65. The van der Waals surface area contributed by atoms with Gasteiger partial charge < -0.3 is 0 Å². The summed E-state index contributed by atoms with van der Waals surface area (Å²) < 4.78 is 2.40. The minimum absolute atomic E-state index is 0.338. The van der Waals surface area contributed by atoms with Crippen molar-refractivity contribution in [2.24, 2.45) is 0 Å². The van der Waals surface area contributed by atoms with Gasteiger partial charge in [0.05, 0.1) is 0 Å². The standard InChI is InChI=1S/C5H13IN/c1-5(2)7(4)6-3/h5H,1-4H3/q-1. The van der Waals surface area contributed by atoms with Crippen LogP contribution in [0.15, 0.2) is 0 Å². The Kier molecular flexibility index (Phi) is 4.02. The average molecular weight is 214 g/mol. The first-order valence-electron chi connectivity index (χ1n) is 2.41. The van der Waals surface area contributed by atoms with Gasteiger partial charge in [-0.15, -0.1) is 0 Å². The third-order valence-electron chi connectivity index (χ3n) is 0.978. The first-order chi connectivity index (χ1) is 3.18. The van der Waals surface area contributed by atoms with Gasteiger partial charge in [0.25, 0.3) is 0 Å². The third-order valence-corrected chi connectivity index (χ3v) is 3.61. The van der Waals surface area contributed by atoms with E-state index in [1.807, 2.05) is 0 Å². The van der Waals surface area contributed by atoms with Gasteiger partial charge in [-0.2, -0.15) is 0 Å². The molecule has 0 atom stereocenters. The number of hydrogen-bond donors (Lipinski definition) is 0. The molecule has 0 unspecified atom stereocenters. The van der Waals surface area contributed by atoms with Crippen LogP contribution in [0.2, 0.25) is 0 Å². The SMILES string of the molecule is C[I-]N(C)C(C)C. The molecular formula is C5H13IN-. The Bertz CT molecular complexity index is 45.3. The summed E-state index contributed by atoms with van der Waals surface area (Å²) >= 11 is 0.338. The summed E-state index contributed by atoms with van der Waals surface area (Å²) in [5.74, 6) is 0. The molecule has 0 aliphatic rings. The monoisotopic (exact) mass is 214 g/mol. The molecular weight excluding hydrogens is 201 g/mol. The normalized spacial score (nSPS) is 11.7. The Balaban J connectivity index is 3.14. The van der Waals surface area contributed by atoms with Crippen molar-refractivity contribution in [2.75, 3.05) is 12.0 Å². The van der Waals surface area contributed by atoms with E-state index in [1.165, 1.54) is 0 Å². The second-order valence-electron chi connectivity index (χ2n) is 1.79. The number of hydrogen-bond acceptors (Lipinski definition) is 1. The maximum absolute atomic E-state index is 2.40. The predicted octanol–water partition coefficient (Wildman–Crippen LogP) is -2.04. The zero-order valence-electron chi connectivity index (χ0n) is 5.40. The van der Waals surface area contributed by atoms with E-state index in [-0.39, 0.29) is 0 Å². The summed E-state index contributed by atoms with van der Waals surface area (Å²) in [4.78, 5) is 2.28. The van der Waals surface area contributed by atoms with Gasteiger partial charge in [0.2, 0.25) is 0 Å². The van der Waals surface area contributed by atoms with E-state index in [9.17, 15) is 0 Å². The van der Waals surface area contributed by atoms with Gasteiger partial charge >= 0.3 is 56.5 Å². The molecule has 0 N–H and O–H groups in total. The molecule has 0 amide bonds. The molecule has 0 saturated carbocycles. The van der Waals surface area contributed by atoms with Crippen LogP contribution in [0, 0.1) is 0 Å². The Hall–Kier alpha value is 0.690. The van der Waals surface area contributed by atoms with Crippen molar-refractivity contribution < 1.29 is 21.5 Å². The van der Waals surface area contributed by atoms with Gasteiger partial charge in [-0.1, -0.05) is 0 Å². The Labute approximate surface area is 56.7 Å². The fourth-order valence-corrected chi connectivity index (χ4v) is 1.31. The van der Waals surface area contributed by atoms with Crippen LogP contribution < -0.4 is 21.5 Å². The molecule has 46 valence electrons. The van der Waals surface area contributed by atoms with Crippen LogP contribution in [0.4, 0.5) is 0 Å². The van der Waals surface area contributed by atoms with Crippen molar-refractivity contribution in [2.45, 2.75) is 19.9 Å². The number of nitrogens with zero attached hydrogens (tertiary/aromatic N) is 1. The quantitative estimate of drug-likeness (QED) is 0.291. The van der Waals surface area contributed by atoms with E-state index in [2.05, 4.69) is 28.9 Å². The summed E-state index contributed by atoms with van der Waals surface area (Å²) in [5, 5.41) is 0. The van der Waals surface area contributed by atoms with Crippen molar-refractivity contribution in [1.29, 1.82) is 0 Å². The van der Waals surface area contributed by atoms with Crippen molar-refractivity contribution in [1.82, 2.24) is 3.11 Å². The fraction of sp³-hybridized carbons (Fsp3) is 1.00. The van der Waals surface area contributed by atoms with Crippen molar-refractivity contribution in [3.05, 3.63) is 0 Å². The molecule has 1 nitrogen and oxygen atoms in total. The molecule has 0 saturated heterocycles. The minimum atomic E-state index is 0.338. The molecule has 0 aliphatic heterocycles.